The average molecular weight is 356 g/mol. The molecule has 1 fully saturated rings. The highest BCUT2D eigenvalue weighted by molar-refractivity contribution is 9.10. The normalized spacial score (nSPS) is 18.8. The summed E-state index contributed by atoms with van der Waals surface area (Å²) in [4.78, 5) is 13.7. The van der Waals surface area contributed by atoms with Gasteiger partial charge in [0.05, 0.1) is 6.10 Å². The number of carbonyl (C=O) groups excluding carboxylic acids is 1. The first-order valence-electron chi connectivity index (χ1n) is 7.19. The second-order valence-corrected chi connectivity index (χ2v) is 6.32. The number of ether oxygens (including phenoxy) is 1. The number of rotatable bonds is 5. The van der Waals surface area contributed by atoms with E-state index in [0.717, 1.165) is 36.2 Å². The lowest BCUT2D eigenvalue weighted by molar-refractivity contribution is -0.00261. The number of nitrogens with zero attached hydrogens (tertiary/aromatic N) is 1. The summed E-state index contributed by atoms with van der Waals surface area (Å²) in [5.74, 6) is 4.85. The predicted octanol–water partition coefficient (Wildman–Crippen LogP) is 2.05. The molecule has 1 atom stereocenters. The van der Waals surface area contributed by atoms with Crippen molar-refractivity contribution in [3.8, 4) is 0 Å². The van der Waals surface area contributed by atoms with Crippen LogP contribution in [0.15, 0.2) is 22.7 Å². The quantitative estimate of drug-likeness (QED) is 0.481. The van der Waals surface area contributed by atoms with Crippen molar-refractivity contribution >= 4 is 21.8 Å². The zero-order valence-corrected chi connectivity index (χ0v) is 13.9. The van der Waals surface area contributed by atoms with Crippen molar-refractivity contribution < 1.29 is 9.53 Å². The number of benzene rings is 1. The largest absolute Gasteiger partial charge is 0.377 e. The Kier molecular flexibility index (Phi) is 6.17. The Balaban J connectivity index is 1.93. The third kappa shape index (κ3) is 4.78. The highest BCUT2D eigenvalue weighted by atomic mass is 79.9. The number of nitrogens with two attached hydrogens (primary N) is 1. The average Bonchev–Trinajstić information content (AvgIpc) is 2.49. The van der Waals surface area contributed by atoms with Crippen molar-refractivity contribution in [2.45, 2.75) is 31.9 Å². The van der Waals surface area contributed by atoms with E-state index in [0.29, 0.717) is 11.7 Å². The SMILES string of the molecule is CN(Cc1ccc(C(=O)NN)cc1Br)CC1CCCCO1. The fourth-order valence-electron chi connectivity index (χ4n) is 2.55. The van der Waals surface area contributed by atoms with Crippen LogP contribution in [-0.4, -0.2) is 37.1 Å². The molecule has 1 heterocycles. The number of hydrazine groups is 1. The van der Waals surface area contributed by atoms with Gasteiger partial charge in [-0.25, -0.2) is 5.84 Å². The van der Waals surface area contributed by atoms with Gasteiger partial charge in [-0.2, -0.15) is 0 Å². The van der Waals surface area contributed by atoms with Crippen LogP contribution in [0.4, 0.5) is 0 Å². The van der Waals surface area contributed by atoms with Crippen LogP contribution >= 0.6 is 15.9 Å². The minimum Gasteiger partial charge on any atom is -0.377 e. The van der Waals surface area contributed by atoms with Crippen molar-refractivity contribution in [1.82, 2.24) is 10.3 Å². The third-order valence-corrected chi connectivity index (χ3v) is 4.41. The Morgan fingerprint density at radius 2 is 2.33 bits per heavy atom. The maximum absolute atomic E-state index is 11.5. The van der Waals surface area contributed by atoms with Gasteiger partial charge in [0.15, 0.2) is 0 Å². The van der Waals surface area contributed by atoms with Gasteiger partial charge in [-0.1, -0.05) is 22.0 Å². The van der Waals surface area contributed by atoms with Gasteiger partial charge in [0.1, 0.15) is 0 Å². The fourth-order valence-corrected chi connectivity index (χ4v) is 3.06. The van der Waals surface area contributed by atoms with E-state index in [1.165, 1.54) is 12.8 Å². The summed E-state index contributed by atoms with van der Waals surface area (Å²) in [6, 6.07) is 5.53. The molecule has 0 radical (unpaired) electrons. The number of hydrogen-bond acceptors (Lipinski definition) is 4. The number of nitrogen functional groups attached to an aromatic ring is 1. The van der Waals surface area contributed by atoms with Crippen LogP contribution in [0.1, 0.15) is 35.2 Å². The number of likely N-dealkylation sites (N-methyl/N-ethyl adjacent to an activating group) is 1. The monoisotopic (exact) mass is 355 g/mol. The van der Waals surface area contributed by atoms with Crippen molar-refractivity contribution in [3.63, 3.8) is 0 Å². The molecular formula is C15H22BrN3O2. The third-order valence-electron chi connectivity index (χ3n) is 3.68. The van der Waals surface area contributed by atoms with Gasteiger partial charge in [-0.15, -0.1) is 0 Å². The molecule has 0 aliphatic carbocycles. The highest BCUT2D eigenvalue weighted by Gasteiger charge is 2.16. The summed E-state index contributed by atoms with van der Waals surface area (Å²) in [5.41, 5.74) is 3.82. The first-order chi connectivity index (χ1) is 10.1. The second-order valence-electron chi connectivity index (χ2n) is 5.46. The molecule has 6 heteroatoms. The lowest BCUT2D eigenvalue weighted by Crippen LogP contribution is -2.33. The molecule has 0 saturated carbocycles. The minimum atomic E-state index is -0.286. The van der Waals surface area contributed by atoms with Crippen LogP contribution in [0.2, 0.25) is 0 Å². The molecular weight excluding hydrogens is 334 g/mol. The second kappa shape index (κ2) is 7.89. The van der Waals surface area contributed by atoms with Crippen molar-refractivity contribution in [2.75, 3.05) is 20.2 Å². The standard InChI is InChI=1S/C15H22BrN3O2/c1-19(10-13-4-2-3-7-21-13)9-12-6-5-11(8-14(12)16)15(20)18-17/h5-6,8,13H,2-4,7,9-10,17H2,1H3,(H,18,20). The van der Waals surface area contributed by atoms with Crippen LogP contribution in [-0.2, 0) is 11.3 Å². The molecule has 0 aromatic heterocycles. The highest BCUT2D eigenvalue weighted by Crippen LogP contribution is 2.21. The number of carbonyl (C=O) groups is 1. The first kappa shape index (κ1) is 16.4. The molecule has 21 heavy (non-hydrogen) atoms. The van der Waals surface area contributed by atoms with Gasteiger partial charge in [-0.3, -0.25) is 15.1 Å². The van der Waals surface area contributed by atoms with Crippen LogP contribution in [0.5, 0.6) is 0 Å². The Morgan fingerprint density at radius 3 is 2.95 bits per heavy atom. The van der Waals surface area contributed by atoms with E-state index in [2.05, 4.69) is 33.3 Å². The maximum atomic E-state index is 11.5. The molecule has 5 nitrogen and oxygen atoms in total. The number of hydrogen-bond donors (Lipinski definition) is 2. The molecule has 0 bridgehead atoms. The van der Waals surface area contributed by atoms with Crippen LogP contribution in [0.3, 0.4) is 0 Å². The van der Waals surface area contributed by atoms with Gasteiger partial charge in [0.2, 0.25) is 0 Å². The Hall–Kier alpha value is -0.950. The van der Waals surface area contributed by atoms with Gasteiger partial charge in [-0.05, 0) is 44.0 Å². The molecule has 1 saturated heterocycles. The first-order valence-corrected chi connectivity index (χ1v) is 7.99. The van der Waals surface area contributed by atoms with E-state index >= 15 is 0 Å². The molecule has 1 aromatic carbocycles. The molecule has 1 aliphatic rings. The number of halogens is 1. The molecule has 1 amide bonds. The lowest BCUT2D eigenvalue weighted by atomic mass is 10.1. The summed E-state index contributed by atoms with van der Waals surface area (Å²) in [5, 5.41) is 0. The van der Waals surface area contributed by atoms with E-state index in [9.17, 15) is 4.79 Å². The van der Waals surface area contributed by atoms with Crippen LogP contribution in [0, 0.1) is 0 Å². The van der Waals surface area contributed by atoms with E-state index < -0.39 is 0 Å². The molecule has 116 valence electrons. The van der Waals surface area contributed by atoms with Gasteiger partial charge in [0, 0.05) is 29.7 Å². The van der Waals surface area contributed by atoms with Gasteiger partial charge < -0.3 is 4.74 Å². The molecule has 3 N–H and O–H groups in total. The van der Waals surface area contributed by atoms with Crippen molar-refractivity contribution in [2.24, 2.45) is 5.84 Å². The summed E-state index contributed by atoms with van der Waals surface area (Å²) in [6.07, 6.45) is 3.91. The maximum Gasteiger partial charge on any atom is 0.265 e. The van der Waals surface area contributed by atoms with Crippen molar-refractivity contribution in [3.05, 3.63) is 33.8 Å². The van der Waals surface area contributed by atoms with E-state index in [-0.39, 0.29) is 5.91 Å². The summed E-state index contributed by atoms with van der Waals surface area (Å²) in [7, 11) is 2.09. The summed E-state index contributed by atoms with van der Waals surface area (Å²) in [6.45, 7) is 2.62. The van der Waals surface area contributed by atoms with Crippen molar-refractivity contribution in [1.29, 1.82) is 0 Å². The minimum absolute atomic E-state index is 0.286. The molecule has 1 aromatic rings. The molecule has 2 rings (SSSR count). The molecule has 1 unspecified atom stereocenters. The molecule has 1 aliphatic heterocycles. The lowest BCUT2D eigenvalue weighted by Gasteiger charge is -2.27. The Labute approximate surface area is 133 Å². The number of nitrogens with one attached hydrogen (secondary N) is 1. The van der Waals surface area contributed by atoms with Gasteiger partial charge >= 0.3 is 0 Å². The molecule has 0 spiro atoms. The van der Waals surface area contributed by atoms with E-state index in [1.54, 1.807) is 12.1 Å². The van der Waals surface area contributed by atoms with E-state index in [1.807, 2.05) is 6.07 Å². The Morgan fingerprint density at radius 1 is 1.52 bits per heavy atom. The van der Waals surface area contributed by atoms with Crippen LogP contribution in [0.25, 0.3) is 0 Å². The van der Waals surface area contributed by atoms with E-state index in [4.69, 9.17) is 10.6 Å². The summed E-state index contributed by atoms with van der Waals surface area (Å²) < 4.78 is 6.68. The summed E-state index contributed by atoms with van der Waals surface area (Å²) >= 11 is 3.52. The topological polar surface area (TPSA) is 67.6 Å². The Bertz CT molecular complexity index is 490. The smallest absolute Gasteiger partial charge is 0.265 e. The zero-order chi connectivity index (χ0) is 15.2. The zero-order valence-electron chi connectivity index (χ0n) is 12.3. The number of amides is 1. The predicted molar refractivity (Wildman–Crippen MR) is 85.7 cm³/mol. The fraction of sp³-hybridized carbons (Fsp3) is 0.533. The van der Waals surface area contributed by atoms with Crippen LogP contribution < -0.4 is 11.3 Å². The van der Waals surface area contributed by atoms with Gasteiger partial charge in [0.25, 0.3) is 5.91 Å².